The van der Waals surface area contributed by atoms with Crippen LogP contribution in [0.1, 0.15) is 0 Å². The van der Waals surface area contributed by atoms with E-state index in [2.05, 4.69) is 211 Å². The summed E-state index contributed by atoms with van der Waals surface area (Å²) in [5.41, 5.74) is 12.2. The number of aromatic nitrogens is 1. The van der Waals surface area contributed by atoms with Crippen molar-refractivity contribution < 1.29 is 0 Å². The van der Waals surface area contributed by atoms with E-state index >= 15 is 0 Å². The van der Waals surface area contributed by atoms with Gasteiger partial charge in [-0.05, 0) is 123 Å². The van der Waals surface area contributed by atoms with Crippen LogP contribution in [-0.4, -0.2) is 4.98 Å². The first-order valence-corrected chi connectivity index (χ1v) is 19.8. The fourth-order valence-corrected chi connectivity index (χ4v) is 9.55. The molecular weight excluding hydrogens is 687 g/mol. The van der Waals surface area contributed by atoms with Gasteiger partial charge in [-0.1, -0.05) is 176 Å². The molecule has 0 atom stereocenters. The summed E-state index contributed by atoms with van der Waals surface area (Å²) in [4.78, 5) is 3.81. The topological polar surface area (TPSA) is 15.8 Å². The van der Waals surface area contributed by atoms with Gasteiger partial charge in [-0.2, -0.15) is 0 Å². The molecule has 12 aromatic rings. The lowest BCUT2D eigenvalue weighted by atomic mass is 9.85. The van der Waals surface area contributed by atoms with Crippen LogP contribution in [0, 0.1) is 0 Å². The number of benzene rings is 11. The van der Waals surface area contributed by atoms with Gasteiger partial charge in [-0.15, -0.1) is 0 Å². The van der Waals surface area contributed by atoms with Gasteiger partial charge < -0.3 is 4.98 Å². The van der Waals surface area contributed by atoms with Gasteiger partial charge in [0.05, 0.1) is 5.52 Å². The molecule has 0 amide bonds. The molecule has 0 saturated carbocycles. The minimum absolute atomic E-state index is 1.16. The highest BCUT2D eigenvalue weighted by molar-refractivity contribution is 6.31. The number of H-pyrrole nitrogens is 1. The van der Waals surface area contributed by atoms with Crippen molar-refractivity contribution >= 4 is 75.7 Å². The third-order valence-corrected chi connectivity index (χ3v) is 12.1. The number of hydrogen-bond donors (Lipinski definition) is 1. The zero-order valence-corrected chi connectivity index (χ0v) is 31.1. The molecule has 1 heteroatoms. The van der Waals surface area contributed by atoms with Crippen LogP contribution in [0.15, 0.2) is 206 Å². The monoisotopic (exact) mass is 721 g/mol. The lowest BCUT2D eigenvalue weighted by molar-refractivity contribution is 1.56. The van der Waals surface area contributed by atoms with Crippen molar-refractivity contribution in [1.29, 1.82) is 0 Å². The maximum atomic E-state index is 3.81. The third kappa shape index (κ3) is 4.96. The zero-order valence-electron chi connectivity index (χ0n) is 31.1. The highest BCUT2D eigenvalue weighted by Crippen LogP contribution is 2.46. The molecule has 1 nitrogen and oxygen atoms in total. The van der Waals surface area contributed by atoms with Gasteiger partial charge in [-0.25, -0.2) is 0 Å². The largest absolute Gasteiger partial charge is 0.354 e. The molecule has 0 unspecified atom stereocenters. The maximum Gasteiger partial charge on any atom is 0.0551 e. The molecule has 0 aliphatic carbocycles. The Kier molecular flexibility index (Phi) is 7.00. The molecule has 0 aliphatic heterocycles. The summed E-state index contributed by atoms with van der Waals surface area (Å²) in [5.74, 6) is 0. The van der Waals surface area contributed by atoms with Crippen molar-refractivity contribution in [3.63, 3.8) is 0 Å². The molecule has 264 valence electrons. The predicted octanol–water partition coefficient (Wildman–Crippen LogP) is 15.8. The average molecular weight is 722 g/mol. The summed E-state index contributed by atoms with van der Waals surface area (Å²) in [6.07, 6.45) is 0. The molecule has 57 heavy (non-hydrogen) atoms. The van der Waals surface area contributed by atoms with Crippen molar-refractivity contribution in [1.82, 2.24) is 4.98 Å². The zero-order chi connectivity index (χ0) is 37.5. The van der Waals surface area contributed by atoms with E-state index in [-0.39, 0.29) is 0 Å². The minimum Gasteiger partial charge on any atom is -0.354 e. The first-order valence-electron chi connectivity index (χ1n) is 19.8. The summed E-state index contributed by atoms with van der Waals surface area (Å²) in [6.45, 7) is 0. The lowest BCUT2D eigenvalue weighted by Crippen LogP contribution is -1.91. The molecule has 11 aromatic carbocycles. The fraction of sp³-hybridized carbons (Fsp3) is 0. The normalized spacial score (nSPS) is 11.9. The van der Waals surface area contributed by atoms with Crippen LogP contribution in [0.5, 0.6) is 0 Å². The van der Waals surface area contributed by atoms with Gasteiger partial charge in [0.25, 0.3) is 0 Å². The first kappa shape index (κ1) is 31.8. The lowest BCUT2D eigenvalue weighted by Gasteiger charge is -2.18. The number of nitrogens with one attached hydrogen (secondary N) is 1. The van der Waals surface area contributed by atoms with Crippen LogP contribution in [0.3, 0.4) is 0 Å². The Morgan fingerprint density at radius 3 is 1.30 bits per heavy atom. The van der Waals surface area contributed by atoms with Crippen LogP contribution >= 0.6 is 0 Å². The van der Waals surface area contributed by atoms with E-state index in [4.69, 9.17) is 0 Å². The van der Waals surface area contributed by atoms with Crippen molar-refractivity contribution in [3.05, 3.63) is 206 Å². The standard InChI is InChI=1S/C56H35N/c1-2-14-36-31-39(28-27-35(36)13-1)37-15-11-17-41(32-37)53-46-22-6-8-24-48(46)54(49-25-9-7-23-47(49)53)42-18-12-16-38(33-42)40-29-30-52-51(34-40)55-45-21-5-3-19-43(45)44-20-4-10-26-50(44)56(55)57-52/h1-34,57H. The van der Waals surface area contributed by atoms with E-state index in [0.29, 0.717) is 0 Å². The van der Waals surface area contributed by atoms with E-state index < -0.39 is 0 Å². The van der Waals surface area contributed by atoms with E-state index in [1.54, 1.807) is 0 Å². The molecule has 0 saturated heterocycles. The molecule has 0 radical (unpaired) electrons. The molecule has 12 rings (SSSR count). The summed E-state index contributed by atoms with van der Waals surface area (Å²) in [5, 5.41) is 15.2. The van der Waals surface area contributed by atoms with Gasteiger partial charge >= 0.3 is 0 Å². The van der Waals surface area contributed by atoms with Crippen LogP contribution in [0.25, 0.3) is 120 Å². The van der Waals surface area contributed by atoms with Crippen molar-refractivity contribution in [2.45, 2.75) is 0 Å². The third-order valence-electron chi connectivity index (χ3n) is 12.1. The second kappa shape index (κ2) is 12.5. The molecule has 0 spiro atoms. The van der Waals surface area contributed by atoms with Crippen LogP contribution in [0.2, 0.25) is 0 Å². The second-order valence-electron chi connectivity index (χ2n) is 15.3. The van der Waals surface area contributed by atoms with Crippen LogP contribution in [-0.2, 0) is 0 Å². The molecule has 1 heterocycles. The summed E-state index contributed by atoms with van der Waals surface area (Å²) in [7, 11) is 0. The van der Waals surface area contributed by atoms with E-state index in [0.717, 1.165) is 5.52 Å². The van der Waals surface area contributed by atoms with Gasteiger partial charge in [0.15, 0.2) is 0 Å². The van der Waals surface area contributed by atoms with Gasteiger partial charge in [0.2, 0.25) is 0 Å². The maximum absolute atomic E-state index is 3.81. The molecule has 0 fully saturated rings. The Morgan fingerprint density at radius 1 is 0.246 bits per heavy atom. The van der Waals surface area contributed by atoms with E-state index in [9.17, 15) is 0 Å². The minimum atomic E-state index is 1.16. The molecule has 0 bridgehead atoms. The predicted molar refractivity (Wildman–Crippen MR) is 245 cm³/mol. The Labute approximate surface area is 330 Å². The van der Waals surface area contributed by atoms with E-state index in [1.807, 2.05) is 0 Å². The quantitative estimate of drug-likeness (QED) is 0.138. The second-order valence-corrected chi connectivity index (χ2v) is 15.3. The summed E-state index contributed by atoms with van der Waals surface area (Å²) >= 11 is 0. The highest BCUT2D eigenvalue weighted by atomic mass is 14.7. The van der Waals surface area contributed by atoms with Gasteiger partial charge in [0.1, 0.15) is 0 Å². The molecule has 1 aromatic heterocycles. The number of aromatic amines is 1. The summed E-state index contributed by atoms with van der Waals surface area (Å²) < 4.78 is 0. The number of hydrogen-bond acceptors (Lipinski definition) is 0. The number of rotatable bonds is 4. The van der Waals surface area contributed by atoms with Crippen molar-refractivity contribution in [2.24, 2.45) is 0 Å². The summed E-state index contributed by atoms with van der Waals surface area (Å²) in [6, 6.07) is 76.0. The van der Waals surface area contributed by atoms with Crippen LogP contribution in [0.4, 0.5) is 0 Å². The highest BCUT2D eigenvalue weighted by Gasteiger charge is 2.18. The molecular formula is C56H35N. The average Bonchev–Trinajstić information content (AvgIpc) is 3.68. The molecule has 1 N–H and O–H groups in total. The first-order chi connectivity index (χ1) is 28.3. The van der Waals surface area contributed by atoms with E-state index in [1.165, 1.54) is 115 Å². The SMILES string of the molecule is c1cc(-c2ccc3ccccc3c2)cc(-c2c3ccccc3c(-c3cccc(-c4ccc5[nH]c6c7ccccc7c7ccccc7c6c5c4)c3)c3ccccc23)c1. The van der Waals surface area contributed by atoms with Crippen molar-refractivity contribution in [3.8, 4) is 44.5 Å². The van der Waals surface area contributed by atoms with Gasteiger partial charge in [-0.3, -0.25) is 0 Å². The Hall–Kier alpha value is -7.48. The van der Waals surface area contributed by atoms with Crippen LogP contribution < -0.4 is 0 Å². The Morgan fingerprint density at radius 2 is 0.684 bits per heavy atom. The Bertz CT molecular complexity index is 3530. The fourth-order valence-electron chi connectivity index (χ4n) is 9.55. The Balaban J connectivity index is 1.03. The van der Waals surface area contributed by atoms with Crippen molar-refractivity contribution in [2.75, 3.05) is 0 Å². The molecule has 0 aliphatic rings. The van der Waals surface area contributed by atoms with Gasteiger partial charge in [0, 0.05) is 21.7 Å². The smallest absolute Gasteiger partial charge is 0.0551 e. The number of fused-ring (bicyclic) bond motifs is 11.